The second kappa shape index (κ2) is 8.34. The van der Waals surface area contributed by atoms with E-state index < -0.39 is 4.83 Å². The van der Waals surface area contributed by atoms with Crippen LogP contribution in [0.25, 0.3) is 0 Å². The third-order valence-electron chi connectivity index (χ3n) is 3.07. The molecule has 2 aromatic carbocycles. The molecular weight excluding hydrogens is 410 g/mol. The molecular formula is C17H17Br2NO2. The zero-order valence-corrected chi connectivity index (χ0v) is 15.3. The fraction of sp³-hybridized carbons (Fsp3) is 0.235. The number of carbonyl (C=O) groups excluding carboxylic acids is 1. The quantitative estimate of drug-likeness (QED) is 0.665. The second-order valence-electron chi connectivity index (χ2n) is 4.63. The lowest BCUT2D eigenvalue weighted by atomic mass is 10.1. The van der Waals surface area contributed by atoms with Gasteiger partial charge in [0.2, 0.25) is 5.91 Å². The van der Waals surface area contributed by atoms with Crippen LogP contribution >= 0.6 is 31.9 Å². The van der Waals surface area contributed by atoms with Gasteiger partial charge < -0.3 is 10.1 Å². The SMILES string of the molecule is CCOc1ccccc1NC(=O)C(Br)C(Br)c1ccccc1. The molecule has 3 nitrogen and oxygen atoms in total. The molecule has 1 N–H and O–H groups in total. The van der Waals surface area contributed by atoms with Crippen LogP contribution in [0.5, 0.6) is 5.75 Å². The highest BCUT2D eigenvalue weighted by Crippen LogP contribution is 2.32. The molecule has 22 heavy (non-hydrogen) atoms. The number of carbonyl (C=O) groups is 1. The summed E-state index contributed by atoms with van der Waals surface area (Å²) in [5, 5.41) is 2.90. The first-order valence-corrected chi connectivity index (χ1v) is 8.82. The van der Waals surface area contributed by atoms with Gasteiger partial charge >= 0.3 is 0 Å². The molecule has 0 fully saturated rings. The van der Waals surface area contributed by atoms with E-state index in [1.165, 1.54) is 0 Å². The number of halogens is 2. The van der Waals surface area contributed by atoms with E-state index in [2.05, 4.69) is 37.2 Å². The minimum absolute atomic E-state index is 0.118. The van der Waals surface area contributed by atoms with Crippen LogP contribution in [0, 0.1) is 0 Å². The minimum Gasteiger partial charge on any atom is -0.492 e. The van der Waals surface area contributed by atoms with Crippen molar-refractivity contribution in [3.8, 4) is 5.75 Å². The van der Waals surface area contributed by atoms with Crippen LogP contribution in [-0.2, 0) is 4.79 Å². The summed E-state index contributed by atoms with van der Waals surface area (Å²) in [4.78, 5) is 11.9. The Morgan fingerprint density at radius 2 is 1.73 bits per heavy atom. The Labute approximate surface area is 147 Å². The number of ether oxygens (including phenoxy) is 1. The lowest BCUT2D eigenvalue weighted by Gasteiger charge is -2.18. The fourth-order valence-electron chi connectivity index (χ4n) is 1.99. The van der Waals surface area contributed by atoms with Gasteiger partial charge in [-0.05, 0) is 24.6 Å². The van der Waals surface area contributed by atoms with E-state index in [0.29, 0.717) is 18.0 Å². The van der Waals surface area contributed by atoms with Gasteiger partial charge in [-0.1, -0.05) is 74.3 Å². The van der Waals surface area contributed by atoms with E-state index in [9.17, 15) is 4.79 Å². The maximum Gasteiger partial charge on any atom is 0.239 e. The van der Waals surface area contributed by atoms with Gasteiger partial charge in [-0.3, -0.25) is 4.79 Å². The van der Waals surface area contributed by atoms with Crippen molar-refractivity contribution in [2.75, 3.05) is 11.9 Å². The molecule has 2 rings (SSSR count). The Bertz CT molecular complexity index is 619. The van der Waals surface area contributed by atoms with Crippen molar-refractivity contribution in [3.05, 3.63) is 60.2 Å². The third kappa shape index (κ3) is 4.34. The first-order valence-electron chi connectivity index (χ1n) is 6.99. The van der Waals surface area contributed by atoms with E-state index in [4.69, 9.17) is 4.74 Å². The van der Waals surface area contributed by atoms with Gasteiger partial charge in [0.1, 0.15) is 10.6 Å². The first kappa shape index (κ1) is 17.0. The van der Waals surface area contributed by atoms with E-state index in [1.54, 1.807) is 0 Å². The van der Waals surface area contributed by atoms with Crippen LogP contribution in [0.2, 0.25) is 0 Å². The Hall–Kier alpha value is -1.33. The van der Waals surface area contributed by atoms with Crippen LogP contribution in [0.4, 0.5) is 5.69 Å². The Morgan fingerprint density at radius 1 is 1.09 bits per heavy atom. The van der Waals surface area contributed by atoms with E-state index in [1.807, 2.05) is 61.5 Å². The molecule has 116 valence electrons. The second-order valence-corrected chi connectivity index (χ2v) is 6.61. The monoisotopic (exact) mass is 425 g/mol. The number of benzene rings is 2. The normalized spacial score (nSPS) is 13.2. The molecule has 0 aliphatic rings. The lowest BCUT2D eigenvalue weighted by Crippen LogP contribution is -2.26. The highest BCUT2D eigenvalue weighted by molar-refractivity contribution is 9.12. The third-order valence-corrected chi connectivity index (χ3v) is 5.78. The highest BCUT2D eigenvalue weighted by atomic mass is 79.9. The average Bonchev–Trinajstić information content (AvgIpc) is 2.56. The molecule has 0 saturated carbocycles. The number of anilines is 1. The topological polar surface area (TPSA) is 38.3 Å². The van der Waals surface area contributed by atoms with Crippen molar-refractivity contribution in [3.63, 3.8) is 0 Å². The van der Waals surface area contributed by atoms with Crippen molar-refractivity contribution < 1.29 is 9.53 Å². The molecule has 0 radical (unpaired) electrons. The predicted molar refractivity (Wildman–Crippen MR) is 97.1 cm³/mol. The van der Waals surface area contributed by atoms with Gasteiger partial charge in [0.15, 0.2) is 0 Å². The molecule has 0 bridgehead atoms. The van der Waals surface area contributed by atoms with Crippen LogP contribution in [0.3, 0.4) is 0 Å². The minimum atomic E-state index is -0.399. The number of hydrogen-bond donors (Lipinski definition) is 1. The Kier molecular flexibility index (Phi) is 6.46. The van der Waals surface area contributed by atoms with Crippen molar-refractivity contribution in [2.24, 2.45) is 0 Å². The van der Waals surface area contributed by atoms with E-state index in [-0.39, 0.29) is 10.7 Å². The molecule has 5 heteroatoms. The Morgan fingerprint density at radius 3 is 2.41 bits per heavy atom. The van der Waals surface area contributed by atoms with Gasteiger partial charge in [-0.25, -0.2) is 0 Å². The van der Waals surface area contributed by atoms with Gasteiger partial charge in [-0.15, -0.1) is 0 Å². The highest BCUT2D eigenvalue weighted by Gasteiger charge is 2.25. The van der Waals surface area contributed by atoms with Gasteiger partial charge in [0, 0.05) is 0 Å². The first-order chi connectivity index (χ1) is 10.6. The zero-order valence-electron chi connectivity index (χ0n) is 12.1. The number of alkyl halides is 2. The fourth-order valence-corrected chi connectivity index (χ4v) is 2.96. The molecule has 0 aliphatic carbocycles. The van der Waals surface area contributed by atoms with Crippen molar-refractivity contribution in [1.29, 1.82) is 0 Å². The largest absolute Gasteiger partial charge is 0.492 e. The van der Waals surface area contributed by atoms with Crippen molar-refractivity contribution in [2.45, 2.75) is 16.6 Å². The lowest BCUT2D eigenvalue weighted by molar-refractivity contribution is -0.115. The molecule has 0 saturated heterocycles. The number of amides is 1. The summed E-state index contributed by atoms with van der Waals surface area (Å²) in [6.07, 6.45) is 0. The summed E-state index contributed by atoms with van der Waals surface area (Å²) < 4.78 is 5.52. The van der Waals surface area contributed by atoms with Crippen molar-refractivity contribution in [1.82, 2.24) is 0 Å². The van der Waals surface area contributed by atoms with Crippen molar-refractivity contribution >= 4 is 43.5 Å². The smallest absolute Gasteiger partial charge is 0.239 e. The zero-order chi connectivity index (χ0) is 15.9. The molecule has 0 aromatic heterocycles. The summed E-state index contributed by atoms with van der Waals surface area (Å²) in [5.41, 5.74) is 1.71. The summed E-state index contributed by atoms with van der Waals surface area (Å²) in [5.74, 6) is 0.543. The van der Waals surface area contributed by atoms with Crippen LogP contribution in [0.15, 0.2) is 54.6 Å². The number of hydrogen-bond acceptors (Lipinski definition) is 2. The van der Waals surface area contributed by atoms with Gasteiger partial charge in [-0.2, -0.15) is 0 Å². The molecule has 0 heterocycles. The number of rotatable bonds is 6. The summed E-state index contributed by atoms with van der Waals surface area (Å²) in [6.45, 7) is 2.46. The summed E-state index contributed by atoms with van der Waals surface area (Å²) >= 11 is 7.04. The van der Waals surface area contributed by atoms with Crippen LogP contribution in [0.1, 0.15) is 17.3 Å². The summed E-state index contributed by atoms with van der Waals surface area (Å²) in [7, 11) is 0. The van der Waals surface area contributed by atoms with Crippen LogP contribution in [-0.4, -0.2) is 17.3 Å². The predicted octanol–water partition coefficient (Wildman–Crippen LogP) is 4.92. The van der Waals surface area contributed by atoms with Gasteiger partial charge in [0.05, 0.1) is 17.1 Å². The van der Waals surface area contributed by atoms with Crippen LogP contribution < -0.4 is 10.1 Å². The van der Waals surface area contributed by atoms with Gasteiger partial charge in [0.25, 0.3) is 0 Å². The molecule has 2 atom stereocenters. The molecule has 2 unspecified atom stereocenters. The maximum atomic E-state index is 12.4. The maximum absolute atomic E-state index is 12.4. The molecule has 0 aliphatic heterocycles. The van der Waals surface area contributed by atoms with E-state index in [0.717, 1.165) is 5.56 Å². The number of nitrogens with one attached hydrogen (secondary N) is 1. The molecule has 0 spiro atoms. The molecule has 1 amide bonds. The summed E-state index contributed by atoms with van der Waals surface area (Å²) in [6, 6.07) is 17.2. The Balaban J connectivity index is 2.09. The standard InChI is InChI=1S/C17H17Br2NO2/c1-2-22-14-11-7-6-10-13(14)20-17(21)16(19)15(18)12-8-4-3-5-9-12/h3-11,15-16H,2H2,1H3,(H,20,21). The van der Waals surface area contributed by atoms with E-state index >= 15 is 0 Å². The molecule has 2 aromatic rings. The number of para-hydroxylation sites is 2. The average molecular weight is 427 g/mol.